The molecule has 0 atom stereocenters. The minimum Gasteiger partial charge on any atom is -0.493 e. The predicted octanol–water partition coefficient (Wildman–Crippen LogP) is 4.00. The Kier molecular flexibility index (Phi) is 6.34. The zero-order valence-corrected chi connectivity index (χ0v) is 17.2. The number of piperazine rings is 1. The van der Waals surface area contributed by atoms with Crippen molar-refractivity contribution in [2.24, 2.45) is 0 Å². The Morgan fingerprint density at radius 1 is 0.889 bits per heavy atom. The molecule has 3 rings (SSSR count). The summed E-state index contributed by atoms with van der Waals surface area (Å²) < 4.78 is 16.3. The number of hydrogen-bond donors (Lipinski definition) is 0. The molecule has 0 unspecified atom stereocenters. The highest BCUT2D eigenvalue weighted by molar-refractivity contribution is 6.33. The molecule has 2 aromatic rings. The molecule has 0 N–H and O–H groups in total. The molecule has 1 aliphatic heterocycles. The maximum atomic E-state index is 6.40. The first-order chi connectivity index (χ1) is 13.0. The number of hydrogen-bond acceptors (Lipinski definition) is 5. The fourth-order valence-corrected chi connectivity index (χ4v) is 3.73. The molecule has 0 amide bonds. The third-order valence-corrected chi connectivity index (χ3v) is 5.26. The van der Waals surface area contributed by atoms with Crippen LogP contribution in [0, 0.1) is 6.92 Å². The molecule has 1 fully saturated rings. The summed E-state index contributed by atoms with van der Waals surface area (Å²) in [5.74, 6) is 2.01. The van der Waals surface area contributed by atoms with Gasteiger partial charge in [0.15, 0.2) is 11.5 Å². The number of halogens is 1. The van der Waals surface area contributed by atoms with Gasteiger partial charge in [0.25, 0.3) is 0 Å². The zero-order chi connectivity index (χ0) is 19.4. The van der Waals surface area contributed by atoms with Gasteiger partial charge in [-0.15, -0.1) is 0 Å². The van der Waals surface area contributed by atoms with Gasteiger partial charge in [0.2, 0.25) is 5.75 Å². The van der Waals surface area contributed by atoms with E-state index >= 15 is 0 Å². The lowest BCUT2D eigenvalue weighted by molar-refractivity contribution is 0.248. The molecular formula is C21H27ClN2O3. The van der Waals surface area contributed by atoms with Crippen molar-refractivity contribution in [3.8, 4) is 17.2 Å². The van der Waals surface area contributed by atoms with Crippen LogP contribution >= 0.6 is 11.6 Å². The second-order valence-electron chi connectivity index (χ2n) is 6.75. The van der Waals surface area contributed by atoms with Crippen LogP contribution in [0.25, 0.3) is 0 Å². The van der Waals surface area contributed by atoms with Crippen molar-refractivity contribution in [3.05, 3.63) is 46.5 Å². The van der Waals surface area contributed by atoms with Crippen LogP contribution in [0.5, 0.6) is 17.2 Å². The number of nitrogens with zero attached hydrogens (tertiary/aromatic N) is 2. The molecule has 0 aromatic heterocycles. The number of methoxy groups -OCH3 is 3. The number of benzene rings is 2. The lowest BCUT2D eigenvalue weighted by Gasteiger charge is -2.36. The van der Waals surface area contributed by atoms with Crippen molar-refractivity contribution >= 4 is 17.3 Å². The molecule has 2 aromatic carbocycles. The second kappa shape index (κ2) is 8.72. The first-order valence-electron chi connectivity index (χ1n) is 9.08. The summed E-state index contributed by atoms with van der Waals surface area (Å²) in [6.45, 7) is 6.79. The first-order valence-corrected chi connectivity index (χ1v) is 9.46. The minimum absolute atomic E-state index is 0.627. The van der Waals surface area contributed by atoms with Gasteiger partial charge < -0.3 is 19.1 Å². The van der Waals surface area contributed by atoms with Gasteiger partial charge in [0, 0.05) is 32.7 Å². The molecule has 0 saturated carbocycles. The SMILES string of the molecule is COc1cc(CN2CCN(c3cc(C)ccc3Cl)CC2)cc(OC)c1OC. The monoisotopic (exact) mass is 390 g/mol. The number of anilines is 1. The molecule has 146 valence electrons. The van der Waals surface area contributed by atoms with Crippen molar-refractivity contribution in [2.75, 3.05) is 52.4 Å². The molecular weight excluding hydrogens is 364 g/mol. The molecule has 5 nitrogen and oxygen atoms in total. The molecule has 1 aliphatic rings. The normalized spacial score (nSPS) is 14.9. The van der Waals surface area contributed by atoms with E-state index in [1.807, 2.05) is 24.3 Å². The third-order valence-electron chi connectivity index (χ3n) is 4.95. The molecule has 1 saturated heterocycles. The summed E-state index contributed by atoms with van der Waals surface area (Å²) in [4.78, 5) is 4.79. The van der Waals surface area contributed by atoms with Crippen LogP contribution in [0.15, 0.2) is 30.3 Å². The largest absolute Gasteiger partial charge is 0.493 e. The molecule has 0 aliphatic carbocycles. The number of ether oxygens (including phenoxy) is 3. The van der Waals surface area contributed by atoms with Gasteiger partial charge in [0.1, 0.15) is 0 Å². The van der Waals surface area contributed by atoms with E-state index in [9.17, 15) is 0 Å². The van der Waals surface area contributed by atoms with Crippen LogP contribution in [0.4, 0.5) is 5.69 Å². The fraction of sp³-hybridized carbons (Fsp3) is 0.429. The van der Waals surface area contributed by atoms with E-state index in [1.54, 1.807) is 21.3 Å². The highest BCUT2D eigenvalue weighted by atomic mass is 35.5. The standard InChI is InChI=1S/C21H27ClN2O3/c1-15-5-6-17(22)18(11-15)24-9-7-23(8-10-24)14-16-12-19(25-2)21(27-4)20(13-16)26-3/h5-6,11-13H,7-10,14H2,1-4H3. The maximum Gasteiger partial charge on any atom is 0.203 e. The lowest BCUT2D eigenvalue weighted by atomic mass is 10.1. The average molecular weight is 391 g/mol. The predicted molar refractivity (Wildman–Crippen MR) is 110 cm³/mol. The number of rotatable bonds is 6. The van der Waals surface area contributed by atoms with Crippen LogP contribution in [-0.4, -0.2) is 52.4 Å². The summed E-state index contributed by atoms with van der Waals surface area (Å²) in [6, 6.07) is 10.2. The Bertz CT molecular complexity index is 764. The van der Waals surface area contributed by atoms with E-state index in [4.69, 9.17) is 25.8 Å². The van der Waals surface area contributed by atoms with E-state index in [0.717, 1.165) is 49.0 Å². The molecule has 6 heteroatoms. The third kappa shape index (κ3) is 4.42. The average Bonchev–Trinajstić information content (AvgIpc) is 2.69. The highest BCUT2D eigenvalue weighted by Gasteiger charge is 2.20. The van der Waals surface area contributed by atoms with Gasteiger partial charge >= 0.3 is 0 Å². The summed E-state index contributed by atoms with van der Waals surface area (Å²) in [5.41, 5.74) is 3.50. The Balaban J connectivity index is 1.68. The van der Waals surface area contributed by atoms with Gasteiger partial charge in [-0.05, 0) is 42.3 Å². The first kappa shape index (κ1) is 19.6. The molecule has 1 heterocycles. The lowest BCUT2D eigenvalue weighted by Crippen LogP contribution is -2.46. The Morgan fingerprint density at radius 2 is 1.52 bits per heavy atom. The Hall–Kier alpha value is -2.11. The number of aryl methyl sites for hydroxylation is 1. The van der Waals surface area contributed by atoms with Crippen LogP contribution < -0.4 is 19.1 Å². The van der Waals surface area contributed by atoms with E-state index in [1.165, 1.54) is 5.56 Å². The quantitative estimate of drug-likeness (QED) is 0.744. The van der Waals surface area contributed by atoms with Crippen LogP contribution in [0.3, 0.4) is 0 Å². The van der Waals surface area contributed by atoms with E-state index in [2.05, 4.69) is 22.8 Å². The van der Waals surface area contributed by atoms with Gasteiger partial charge in [0.05, 0.1) is 32.0 Å². The highest BCUT2D eigenvalue weighted by Crippen LogP contribution is 2.38. The second-order valence-corrected chi connectivity index (χ2v) is 7.16. The maximum absolute atomic E-state index is 6.40. The van der Waals surface area contributed by atoms with Crippen LogP contribution in [-0.2, 0) is 6.54 Å². The fourth-order valence-electron chi connectivity index (χ4n) is 3.50. The van der Waals surface area contributed by atoms with Gasteiger partial charge in [-0.25, -0.2) is 0 Å². The van der Waals surface area contributed by atoms with E-state index in [-0.39, 0.29) is 0 Å². The summed E-state index contributed by atoms with van der Waals surface area (Å²) in [7, 11) is 4.91. The molecule has 27 heavy (non-hydrogen) atoms. The van der Waals surface area contributed by atoms with Crippen LogP contribution in [0.1, 0.15) is 11.1 Å². The van der Waals surface area contributed by atoms with E-state index < -0.39 is 0 Å². The minimum atomic E-state index is 0.627. The summed E-state index contributed by atoms with van der Waals surface area (Å²) in [6.07, 6.45) is 0. The molecule has 0 bridgehead atoms. The Morgan fingerprint density at radius 3 is 2.07 bits per heavy atom. The smallest absolute Gasteiger partial charge is 0.203 e. The molecule has 0 radical (unpaired) electrons. The van der Waals surface area contributed by atoms with Crippen molar-refractivity contribution in [3.63, 3.8) is 0 Å². The molecule has 0 spiro atoms. The summed E-state index contributed by atoms with van der Waals surface area (Å²) in [5, 5.41) is 0.818. The van der Waals surface area contributed by atoms with Gasteiger partial charge in [-0.1, -0.05) is 17.7 Å². The van der Waals surface area contributed by atoms with Crippen molar-refractivity contribution < 1.29 is 14.2 Å². The van der Waals surface area contributed by atoms with Crippen molar-refractivity contribution in [1.29, 1.82) is 0 Å². The van der Waals surface area contributed by atoms with Crippen molar-refractivity contribution in [2.45, 2.75) is 13.5 Å². The van der Waals surface area contributed by atoms with Gasteiger partial charge in [-0.3, -0.25) is 4.90 Å². The van der Waals surface area contributed by atoms with E-state index in [0.29, 0.717) is 17.2 Å². The zero-order valence-electron chi connectivity index (χ0n) is 16.4. The Labute approximate surface area is 166 Å². The van der Waals surface area contributed by atoms with Gasteiger partial charge in [-0.2, -0.15) is 0 Å². The topological polar surface area (TPSA) is 34.2 Å². The van der Waals surface area contributed by atoms with Crippen molar-refractivity contribution in [1.82, 2.24) is 4.90 Å². The summed E-state index contributed by atoms with van der Waals surface area (Å²) >= 11 is 6.40. The van der Waals surface area contributed by atoms with Crippen LogP contribution in [0.2, 0.25) is 5.02 Å².